The number of likely N-dealkylation sites (tertiary alicyclic amines) is 1. The minimum absolute atomic E-state index is 0.0946. The zero-order valence-corrected chi connectivity index (χ0v) is 82.0. The van der Waals surface area contributed by atoms with Crippen molar-refractivity contribution < 1.29 is 56.5 Å². The summed E-state index contributed by atoms with van der Waals surface area (Å²) in [5.74, 6) is 7.56. The largest absolute Gasteiger partial charge is 0.493 e. The Hall–Kier alpha value is -15.4. The number of piperazine rings is 1. The fraction of sp³-hybridized carbons (Fsp3) is 0.336. The Bertz CT molecular complexity index is 7550. The fourth-order valence-corrected chi connectivity index (χ4v) is 17.9. The van der Waals surface area contributed by atoms with Gasteiger partial charge in [-0.3, -0.25) is 46.0 Å². The van der Waals surface area contributed by atoms with Gasteiger partial charge >= 0.3 is 0 Å². The zero-order valence-electron chi connectivity index (χ0n) is 82.0. The van der Waals surface area contributed by atoms with E-state index in [2.05, 4.69) is 82.6 Å². The molecular formula is C107H118N18O17. The molecule has 35 nitrogen and oxygen atoms in total. The van der Waals surface area contributed by atoms with Crippen LogP contribution >= 0.6 is 0 Å². The number of nitrogens with one attached hydrogen (secondary N) is 3. The van der Waals surface area contributed by atoms with E-state index in [1.807, 2.05) is 142 Å². The molecule has 35 heteroatoms. The van der Waals surface area contributed by atoms with E-state index >= 15 is 0 Å². The van der Waals surface area contributed by atoms with Crippen molar-refractivity contribution in [1.82, 2.24) is 77.7 Å². The van der Waals surface area contributed by atoms with Crippen LogP contribution in [0.25, 0.3) is 95.6 Å². The molecule has 5 aliphatic heterocycles. The summed E-state index contributed by atoms with van der Waals surface area (Å²) in [4.78, 5) is 101. The Balaban J connectivity index is 0.000000122. The number of methoxy groups -OCH3 is 8. The normalized spacial score (nSPS) is 15.9. The number of ether oxygens (including phenoxy) is 11. The number of rotatable bonds is 21. The van der Waals surface area contributed by atoms with E-state index in [0.717, 1.165) is 174 Å². The van der Waals surface area contributed by atoms with Gasteiger partial charge in [0.25, 0.3) is 27.8 Å². The van der Waals surface area contributed by atoms with Crippen LogP contribution in [0.2, 0.25) is 0 Å². The maximum Gasteiger partial charge on any atom is 0.258 e. The molecule has 0 aliphatic carbocycles. The van der Waals surface area contributed by atoms with Crippen molar-refractivity contribution in [2.45, 2.75) is 83.6 Å². The number of fused-ring (bicyclic) bond motifs is 6. The average molecular weight is 1930 g/mol. The molecule has 0 radical (unpaired) electrons. The van der Waals surface area contributed by atoms with Crippen molar-refractivity contribution >= 4 is 50.7 Å². The number of piperidine rings is 2. The van der Waals surface area contributed by atoms with Crippen molar-refractivity contribution in [1.29, 1.82) is 0 Å². The van der Waals surface area contributed by atoms with E-state index < -0.39 is 0 Å². The summed E-state index contributed by atoms with van der Waals surface area (Å²) < 4.78 is 74.0. The molecule has 5 saturated heterocycles. The molecule has 738 valence electrons. The molecule has 0 unspecified atom stereocenters. The third-order valence-electron chi connectivity index (χ3n) is 25.9. The van der Waals surface area contributed by atoms with E-state index in [-0.39, 0.29) is 46.1 Å². The number of oxazole rings is 1. The lowest BCUT2D eigenvalue weighted by atomic mass is 10.1. The Morgan fingerprint density at radius 2 is 0.732 bits per heavy atom. The Morgan fingerprint density at radius 1 is 0.338 bits per heavy atom. The van der Waals surface area contributed by atoms with Gasteiger partial charge in [0.1, 0.15) is 69.3 Å². The molecule has 2 atom stereocenters. The zero-order chi connectivity index (χ0) is 99.2. The molecule has 5 fully saturated rings. The standard InChI is InChI=1S/C22H23N5O2.C22H26N4O3.C22H25N3O4.C21H23N3O4.C20H21N3O4/c1-14-12-26(9-8-25(14)3)17-5-7-21-24-19(11-22(28)27(21)13-17)16-4-6-18-20(10-16)29-15(2)23-18;1-15-11-17(25-9-4-7-23-8-10-25)14-26-21(27)13-18(24-22(15)26)16-5-6-19(28-2)20(12-16)29-3;1-24-10-8-16(9-11-24)29-17-5-7-21-23-18(13-22(26)25(21)14-17)15-4-6-19(27-2)20(12-15)28-3;1-26-18-5-3-14(11-19(18)27-2)17-12-21(25)24-13-16(4-6-20(24)23-17)28-15-7-9-22-10-8-15;1-25-17-5-3-13(9-18(17)26-2)16-10-20(24)23-12-15(4-6-19(23)22-16)27-14-7-8-21-11-14/h4-7,10-11,13-14H,8-9,12H2,1-3H3;5-6,11-14,23H,4,7-10H2,1-3H3;4-7,12-14,16H,8-11H2,1-3H3;3-6,11-13,15,22H,7-10H2,1-2H3;3-6,9-10,12,14,21H,7-8,11H2,1-2H3/t14-;;;;14-/m0...0/s1. The molecule has 0 bridgehead atoms. The lowest BCUT2D eigenvalue weighted by Gasteiger charge is -2.39. The fourth-order valence-electron chi connectivity index (χ4n) is 17.9. The second-order valence-corrected chi connectivity index (χ2v) is 35.3. The van der Waals surface area contributed by atoms with Gasteiger partial charge in [0.05, 0.1) is 115 Å². The van der Waals surface area contributed by atoms with Crippen LogP contribution in [0, 0.1) is 13.8 Å². The Labute approximate surface area is 819 Å². The third kappa shape index (κ3) is 22.8. The molecule has 3 N–H and O–H groups in total. The Kier molecular flexibility index (Phi) is 31.0. The smallest absolute Gasteiger partial charge is 0.258 e. The van der Waals surface area contributed by atoms with E-state index in [1.165, 1.54) is 31.4 Å². The number of benzene rings is 5. The highest BCUT2D eigenvalue weighted by Crippen LogP contribution is 2.38. The highest BCUT2D eigenvalue weighted by Gasteiger charge is 2.26. The second-order valence-electron chi connectivity index (χ2n) is 35.3. The minimum Gasteiger partial charge on any atom is -0.493 e. The third-order valence-corrected chi connectivity index (χ3v) is 25.9. The number of likely N-dealkylation sites (N-methyl/N-ethyl adjacent to an activating group) is 1. The van der Waals surface area contributed by atoms with Crippen molar-refractivity contribution in [3.63, 3.8) is 0 Å². The molecule has 142 heavy (non-hydrogen) atoms. The van der Waals surface area contributed by atoms with E-state index in [9.17, 15) is 24.0 Å². The molecule has 16 aromatic rings. The van der Waals surface area contributed by atoms with Crippen LogP contribution in [0.3, 0.4) is 0 Å². The summed E-state index contributed by atoms with van der Waals surface area (Å²) in [7, 11) is 16.9. The SMILES string of the molecule is COc1ccc(-c2cc(=O)n3cc(N4CCCNCC4)cc(C)c3n2)cc1OC.COc1ccc(-c2cc(=O)n3cc(OC4CCN(C)CC4)ccc3n2)cc1OC.COc1ccc(-c2cc(=O)n3cc(OC4CCNCC4)ccc3n2)cc1OC.COc1ccc(-c2cc(=O)n3cc(O[C@H]4CCNC4)ccc3n2)cc1OC.Cc1nc2ccc(-c3cc(=O)n4cc(N5CCN(C)[C@@H](C)C5)ccc4n3)cc2o1. The first-order valence-corrected chi connectivity index (χ1v) is 47.5. The van der Waals surface area contributed by atoms with Crippen LogP contribution in [-0.4, -0.2) is 242 Å². The number of aromatic nitrogens is 11. The predicted molar refractivity (Wildman–Crippen MR) is 548 cm³/mol. The first kappa shape index (κ1) is 98.2. The van der Waals surface area contributed by atoms with E-state index in [4.69, 9.17) is 66.5 Å². The van der Waals surface area contributed by atoms with Crippen molar-refractivity contribution in [3.05, 3.63) is 270 Å². The number of hydrogen-bond donors (Lipinski definition) is 3. The molecule has 11 aromatic heterocycles. The van der Waals surface area contributed by atoms with Gasteiger partial charge in [-0.15, -0.1) is 0 Å². The van der Waals surface area contributed by atoms with Gasteiger partial charge in [0, 0.05) is 142 Å². The van der Waals surface area contributed by atoms with Crippen molar-refractivity contribution in [2.75, 3.05) is 166 Å². The first-order valence-electron chi connectivity index (χ1n) is 47.5. The molecule has 5 aromatic carbocycles. The second kappa shape index (κ2) is 44.8. The molecule has 5 aliphatic rings. The van der Waals surface area contributed by atoms with Gasteiger partial charge in [0.2, 0.25) is 0 Å². The minimum atomic E-state index is -0.167. The van der Waals surface area contributed by atoms with Crippen LogP contribution in [-0.2, 0) is 0 Å². The molecular weight excluding hydrogens is 1810 g/mol. The predicted octanol–water partition coefficient (Wildman–Crippen LogP) is 12.9. The number of anilines is 2. The van der Waals surface area contributed by atoms with Crippen LogP contribution in [0.4, 0.5) is 11.4 Å². The van der Waals surface area contributed by atoms with Gasteiger partial charge in [-0.05, 0) is 238 Å². The van der Waals surface area contributed by atoms with Crippen molar-refractivity contribution in [3.8, 4) is 120 Å². The topological polar surface area (TPSA) is 348 Å². The maximum absolute atomic E-state index is 12.9. The molecule has 21 rings (SSSR count). The van der Waals surface area contributed by atoms with E-state index in [0.29, 0.717) is 137 Å². The van der Waals surface area contributed by atoms with Gasteiger partial charge in [-0.1, -0.05) is 6.07 Å². The number of nitrogens with zero attached hydrogens (tertiary/aromatic N) is 15. The Morgan fingerprint density at radius 3 is 1.18 bits per heavy atom. The van der Waals surface area contributed by atoms with Crippen LogP contribution in [0.1, 0.15) is 56.9 Å². The van der Waals surface area contributed by atoms with Crippen LogP contribution in [0.15, 0.2) is 235 Å². The quantitative estimate of drug-likeness (QED) is 0.0601. The number of aryl methyl sites for hydroxylation is 2. The summed E-state index contributed by atoms with van der Waals surface area (Å²) in [5.41, 5.74) is 13.9. The van der Waals surface area contributed by atoms with Gasteiger partial charge in [0.15, 0.2) is 57.5 Å². The van der Waals surface area contributed by atoms with Gasteiger partial charge < -0.3 is 92.1 Å². The van der Waals surface area contributed by atoms with E-state index in [1.54, 1.807) is 121 Å². The average Bonchev–Trinajstić information content (AvgIpc) is 1.30. The lowest BCUT2D eigenvalue weighted by molar-refractivity contribution is 0.114. The summed E-state index contributed by atoms with van der Waals surface area (Å²) in [5, 5.41) is 9.99. The first-order chi connectivity index (χ1) is 69.0. The summed E-state index contributed by atoms with van der Waals surface area (Å²) in [6, 6.07) is 52.9. The highest BCUT2D eigenvalue weighted by molar-refractivity contribution is 5.80. The summed E-state index contributed by atoms with van der Waals surface area (Å²) >= 11 is 0. The summed E-state index contributed by atoms with van der Waals surface area (Å²) in [6.45, 7) is 18.5. The highest BCUT2D eigenvalue weighted by atomic mass is 16.5. The number of pyridine rings is 5. The monoisotopic (exact) mass is 1930 g/mol. The van der Waals surface area contributed by atoms with Gasteiger partial charge in [-0.25, -0.2) is 29.9 Å². The summed E-state index contributed by atoms with van der Waals surface area (Å²) in [6.07, 6.45) is 15.4. The number of hydrogen-bond acceptors (Lipinski definition) is 30. The van der Waals surface area contributed by atoms with Crippen LogP contribution in [0.5, 0.6) is 63.2 Å². The molecule has 16 heterocycles. The molecule has 0 amide bonds. The van der Waals surface area contributed by atoms with Gasteiger partial charge in [-0.2, -0.15) is 0 Å². The van der Waals surface area contributed by atoms with Crippen molar-refractivity contribution in [2.24, 2.45) is 0 Å². The maximum atomic E-state index is 12.9. The van der Waals surface area contributed by atoms with Crippen LogP contribution < -0.4 is 106 Å². The lowest BCUT2D eigenvalue weighted by Crippen LogP contribution is -2.50. The molecule has 0 spiro atoms. The molecule has 0 saturated carbocycles.